The summed E-state index contributed by atoms with van der Waals surface area (Å²) < 4.78 is 29.2. The summed E-state index contributed by atoms with van der Waals surface area (Å²) in [7, 11) is -1.76. The van der Waals surface area contributed by atoms with Gasteiger partial charge in [-0.15, -0.1) is 0 Å². The maximum atomic E-state index is 10.4. The molecule has 0 amide bonds. The van der Waals surface area contributed by atoms with E-state index in [0.29, 0.717) is 12.1 Å². The minimum absolute atomic E-state index is 0.312. The molecule has 2 rings (SSSR count). The van der Waals surface area contributed by atoms with Gasteiger partial charge in [-0.3, -0.25) is 9.45 Å². The van der Waals surface area contributed by atoms with Crippen LogP contribution in [0.5, 0.6) is 0 Å². The van der Waals surface area contributed by atoms with Crippen molar-refractivity contribution in [2.75, 3.05) is 39.8 Å². The molecule has 1 aliphatic heterocycles. The van der Waals surface area contributed by atoms with Crippen LogP contribution in [-0.4, -0.2) is 62.5 Å². The van der Waals surface area contributed by atoms with Gasteiger partial charge in [0.15, 0.2) is 0 Å². The number of hydrogen-bond acceptors (Lipinski definition) is 5. The second-order valence-electron chi connectivity index (χ2n) is 4.95. The normalized spacial score (nSPS) is 16.6. The fourth-order valence-corrected chi connectivity index (χ4v) is 2.50. The van der Waals surface area contributed by atoms with Crippen LogP contribution in [0.4, 0.5) is 0 Å². The van der Waals surface area contributed by atoms with E-state index in [2.05, 4.69) is 22.9 Å². The molecule has 0 spiro atoms. The first-order valence-corrected chi connectivity index (χ1v) is 8.28. The van der Waals surface area contributed by atoms with Crippen LogP contribution in [0.3, 0.4) is 0 Å². The van der Waals surface area contributed by atoms with Crippen molar-refractivity contribution in [3.63, 3.8) is 0 Å². The average Bonchev–Trinajstić information content (AvgIpc) is 2.42. The molecule has 1 heterocycles. The second-order valence-corrected chi connectivity index (χ2v) is 6.40. The fourth-order valence-electron chi connectivity index (χ4n) is 1.89. The Hall–Kier alpha value is -1.46. The topological polar surface area (TPSA) is 84.6 Å². The Morgan fingerprint density at radius 2 is 1.76 bits per heavy atom. The van der Waals surface area contributed by atoms with Gasteiger partial charge in [-0.2, -0.15) is 13.7 Å². The van der Waals surface area contributed by atoms with Gasteiger partial charge in [0, 0.05) is 26.2 Å². The molecule has 7 heteroatoms. The van der Waals surface area contributed by atoms with Gasteiger partial charge in [-0.1, -0.05) is 30.3 Å². The molecule has 0 aliphatic carbocycles. The molecular weight excluding hydrogens is 290 g/mol. The average molecular weight is 311 g/mol. The monoisotopic (exact) mass is 311 g/mol. The maximum absolute atomic E-state index is 10.4. The van der Waals surface area contributed by atoms with Gasteiger partial charge in [0.1, 0.15) is 5.75 Å². The Labute approximate surface area is 126 Å². The van der Waals surface area contributed by atoms with Crippen molar-refractivity contribution in [3.05, 3.63) is 35.9 Å². The zero-order valence-electron chi connectivity index (χ0n) is 12.1. The first kappa shape index (κ1) is 17.6. The Bertz CT molecular complexity index is 547. The molecule has 21 heavy (non-hydrogen) atoms. The highest BCUT2D eigenvalue weighted by Gasteiger charge is 2.11. The molecule has 1 aliphatic rings. The van der Waals surface area contributed by atoms with E-state index >= 15 is 0 Å². The van der Waals surface area contributed by atoms with Crippen molar-refractivity contribution < 1.29 is 13.0 Å². The van der Waals surface area contributed by atoms with E-state index in [1.807, 2.05) is 0 Å². The summed E-state index contributed by atoms with van der Waals surface area (Å²) in [6, 6.07) is 10.7. The van der Waals surface area contributed by atoms with E-state index in [-0.39, 0.29) is 5.75 Å². The molecule has 1 N–H and O–H groups in total. The van der Waals surface area contributed by atoms with Gasteiger partial charge in [-0.25, -0.2) is 0 Å². The molecule has 0 atom stereocenters. The summed E-state index contributed by atoms with van der Waals surface area (Å²) in [5, 5.41) is 8.38. The zero-order valence-corrected chi connectivity index (χ0v) is 13.0. The van der Waals surface area contributed by atoms with Crippen LogP contribution in [0.15, 0.2) is 30.3 Å². The summed E-state index contributed by atoms with van der Waals surface area (Å²) in [5.41, 5.74) is 0.593. The third-order valence-corrected chi connectivity index (χ3v) is 3.78. The molecule has 0 unspecified atom stereocenters. The first-order chi connectivity index (χ1) is 9.90. The lowest BCUT2D eigenvalue weighted by Crippen LogP contribution is -2.44. The van der Waals surface area contributed by atoms with E-state index in [1.54, 1.807) is 30.3 Å². The van der Waals surface area contributed by atoms with Crippen LogP contribution in [-0.2, 0) is 15.9 Å². The van der Waals surface area contributed by atoms with Crippen molar-refractivity contribution >= 4 is 10.1 Å². The van der Waals surface area contributed by atoms with Gasteiger partial charge in [0.2, 0.25) is 0 Å². The third-order valence-electron chi connectivity index (χ3n) is 3.08. The highest BCUT2D eigenvalue weighted by molar-refractivity contribution is 7.85. The second kappa shape index (κ2) is 8.74. The minimum Gasteiger partial charge on any atom is -0.304 e. The first-order valence-electron chi connectivity index (χ1n) is 6.67. The van der Waals surface area contributed by atoms with E-state index < -0.39 is 10.1 Å². The number of nitriles is 1. The van der Waals surface area contributed by atoms with E-state index in [1.165, 1.54) is 0 Å². The summed E-state index contributed by atoms with van der Waals surface area (Å²) in [4.78, 5) is 4.47. The Kier molecular flexibility index (Phi) is 7.32. The molecule has 116 valence electrons. The minimum atomic E-state index is -3.88. The Morgan fingerprint density at radius 3 is 2.24 bits per heavy atom. The summed E-state index contributed by atoms with van der Waals surface area (Å²) in [6.45, 7) is 4.88. The standard InChI is InChI=1S/C7H13N3.C7H8O3S/c1-9-4-6-10(3-2-8)7-5-9;8-11(9,10)6-7-4-2-1-3-5-7/h3-7H2,1H3;1-5H,6H2,(H,8,9,10). The highest BCUT2D eigenvalue weighted by atomic mass is 32.2. The largest absolute Gasteiger partial charge is 0.304 e. The van der Waals surface area contributed by atoms with Gasteiger partial charge < -0.3 is 4.90 Å². The number of nitrogens with zero attached hydrogens (tertiary/aromatic N) is 3. The smallest absolute Gasteiger partial charge is 0.269 e. The van der Waals surface area contributed by atoms with Crippen molar-refractivity contribution in [1.29, 1.82) is 5.26 Å². The molecule has 0 radical (unpaired) electrons. The molecule has 0 bridgehead atoms. The van der Waals surface area contributed by atoms with Crippen LogP contribution in [0.1, 0.15) is 5.56 Å². The molecule has 0 saturated carbocycles. The number of hydrogen-bond donors (Lipinski definition) is 1. The van der Waals surface area contributed by atoms with Gasteiger partial charge in [0.05, 0.1) is 12.6 Å². The molecule has 0 aromatic heterocycles. The lowest BCUT2D eigenvalue weighted by Gasteiger charge is -2.30. The SMILES string of the molecule is CN1CCN(CC#N)CC1.O=S(=O)(O)Cc1ccccc1. The zero-order chi connectivity index (χ0) is 15.7. The highest BCUT2D eigenvalue weighted by Crippen LogP contribution is 2.02. The molecule has 1 saturated heterocycles. The van der Waals surface area contributed by atoms with Crippen molar-refractivity contribution in [3.8, 4) is 6.07 Å². The van der Waals surface area contributed by atoms with Crippen molar-refractivity contribution in [2.45, 2.75) is 5.75 Å². The van der Waals surface area contributed by atoms with Crippen LogP contribution in [0.2, 0.25) is 0 Å². The molecule has 1 aromatic carbocycles. The van der Waals surface area contributed by atoms with E-state index in [0.717, 1.165) is 26.2 Å². The number of likely N-dealkylation sites (N-methyl/N-ethyl adjacent to an activating group) is 1. The predicted molar refractivity (Wildman–Crippen MR) is 81.2 cm³/mol. The number of piperazine rings is 1. The fraction of sp³-hybridized carbons (Fsp3) is 0.500. The van der Waals surface area contributed by atoms with Gasteiger partial charge >= 0.3 is 0 Å². The number of rotatable bonds is 3. The Morgan fingerprint density at radius 1 is 1.19 bits per heavy atom. The summed E-state index contributed by atoms with van der Waals surface area (Å²) >= 11 is 0. The third kappa shape index (κ3) is 8.42. The van der Waals surface area contributed by atoms with E-state index in [9.17, 15) is 8.42 Å². The summed E-state index contributed by atoms with van der Waals surface area (Å²) in [5.74, 6) is -0.312. The molecule has 1 aromatic rings. The van der Waals surface area contributed by atoms with E-state index in [4.69, 9.17) is 9.81 Å². The van der Waals surface area contributed by atoms with Crippen molar-refractivity contribution in [1.82, 2.24) is 9.80 Å². The van der Waals surface area contributed by atoms with Gasteiger partial charge in [-0.05, 0) is 12.6 Å². The predicted octanol–water partition coefficient (Wildman–Crippen LogP) is 0.832. The maximum Gasteiger partial charge on any atom is 0.269 e. The van der Waals surface area contributed by atoms with Crippen LogP contribution in [0.25, 0.3) is 0 Å². The van der Waals surface area contributed by atoms with Gasteiger partial charge in [0.25, 0.3) is 10.1 Å². The lowest BCUT2D eigenvalue weighted by molar-refractivity contribution is 0.168. The number of benzene rings is 1. The van der Waals surface area contributed by atoms with Crippen LogP contribution < -0.4 is 0 Å². The quantitative estimate of drug-likeness (QED) is 0.657. The van der Waals surface area contributed by atoms with Crippen molar-refractivity contribution in [2.24, 2.45) is 0 Å². The summed E-state index contributed by atoms with van der Waals surface area (Å²) in [6.07, 6.45) is 0. The molecular formula is C14H21N3O3S. The lowest BCUT2D eigenvalue weighted by atomic mass is 10.2. The van der Waals surface area contributed by atoms with Crippen LogP contribution >= 0.6 is 0 Å². The molecule has 1 fully saturated rings. The molecule has 6 nitrogen and oxygen atoms in total. The Balaban J connectivity index is 0.000000211. The van der Waals surface area contributed by atoms with Crippen LogP contribution in [0, 0.1) is 11.3 Å².